The molecule has 286 valence electrons. The van der Waals surface area contributed by atoms with Crippen molar-refractivity contribution in [1.82, 2.24) is 0 Å². The molecule has 1 amide bonds. The van der Waals surface area contributed by atoms with Crippen molar-refractivity contribution < 1.29 is 63.7 Å². The number of allylic oxidation sites excluding steroid dienone is 5. The van der Waals surface area contributed by atoms with Gasteiger partial charge in [0.1, 0.15) is 34.9 Å². The lowest BCUT2D eigenvalue weighted by molar-refractivity contribution is -0.198. The fourth-order valence-electron chi connectivity index (χ4n) is 7.55. The predicted molar refractivity (Wildman–Crippen MR) is 190 cm³/mol. The summed E-state index contributed by atoms with van der Waals surface area (Å²) in [7, 11) is 0. The van der Waals surface area contributed by atoms with Crippen molar-refractivity contribution in [3.8, 4) is 11.5 Å². The second-order valence-electron chi connectivity index (χ2n) is 14.6. The summed E-state index contributed by atoms with van der Waals surface area (Å²) in [6.45, 7) is 12.9. The van der Waals surface area contributed by atoms with Crippen LogP contribution in [0.5, 0.6) is 11.5 Å². The number of phenols is 1. The summed E-state index contributed by atoms with van der Waals surface area (Å²) in [6, 6.07) is 0. The molecule has 14 heteroatoms. The maximum atomic E-state index is 13.9. The van der Waals surface area contributed by atoms with Gasteiger partial charge in [-0.1, -0.05) is 39.0 Å². The van der Waals surface area contributed by atoms with Gasteiger partial charge in [-0.25, -0.2) is 0 Å². The molecule has 14 nitrogen and oxygen atoms in total. The average Bonchev–Trinajstić information content (AvgIpc) is 3.09. The van der Waals surface area contributed by atoms with Crippen molar-refractivity contribution >= 4 is 34.9 Å². The molecule has 9 atom stereocenters. The molecule has 0 radical (unpaired) electrons. The first-order chi connectivity index (χ1) is 24.7. The molecule has 1 aromatic carbocycles. The second kappa shape index (κ2) is 14.6. The number of aliphatic hydroxyl groups excluding tert-OH is 3. The van der Waals surface area contributed by atoms with Gasteiger partial charge in [-0.15, -0.1) is 0 Å². The number of hydrogen-bond donors (Lipinski definition) is 6. The summed E-state index contributed by atoms with van der Waals surface area (Å²) in [5, 5.41) is 60.2. The number of rotatable bonds is 1. The molecule has 9 unspecified atom stereocenters. The first-order valence-corrected chi connectivity index (χ1v) is 17.4. The van der Waals surface area contributed by atoms with Crippen molar-refractivity contribution in [3.63, 3.8) is 0 Å². The molecule has 8 rings (SSSR count). The number of ketones is 1. The number of amides is 1. The van der Waals surface area contributed by atoms with E-state index < -0.39 is 83.1 Å². The molecule has 0 spiro atoms. The Morgan fingerprint density at radius 1 is 0.943 bits per heavy atom. The number of benzene rings is 1. The van der Waals surface area contributed by atoms with Gasteiger partial charge in [0.2, 0.25) is 6.79 Å². The largest absolute Gasteiger partial charge is 0.505 e. The Bertz CT molecular complexity index is 1910. The Balaban J connectivity index is 1.79. The predicted octanol–water partition coefficient (Wildman–Crippen LogP) is 3.50. The molecule has 6 N–H and O–H groups in total. The summed E-state index contributed by atoms with van der Waals surface area (Å²) in [4.78, 5) is 53.2. The molecule has 1 saturated heterocycles. The van der Waals surface area contributed by atoms with Crippen LogP contribution in [0, 0.1) is 30.6 Å². The summed E-state index contributed by atoms with van der Waals surface area (Å²) < 4.78 is 23.1. The van der Waals surface area contributed by atoms with E-state index in [1.807, 2.05) is 0 Å². The van der Waals surface area contributed by atoms with Crippen molar-refractivity contribution in [3.05, 3.63) is 69.2 Å². The van der Waals surface area contributed by atoms with Crippen molar-refractivity contribution in [2.45, 2.75) is 92.3 Å². The lowest BCUT2D eigenvalue weighted by Gasteiger charge is -2.43. The van der Waals surface area contributed by atoms with Crippen molar-refractivity contribution in [1.29, 1.82) is 0 Å². The molecule has 0 aromatic heterocycles. The fraction of sp³-hybridized carbons (Fsp3) is 0.487. The van der Waals surface area contributed by atoms with Gasteiger partial charge in [0.25, 0.3) is 5.91 Å². The second-order valence-corrected chi connectivity index (χ2v) is 14.6. The number of hydrogen-bond acceptors (Lipinski definition) is 13. The van der Waals surface area contributed by atoms with E-state index in [0.29, 0.717) is 0 Å². The maximum Gasteiger partial charge on any atom is 0.314 e. The Morgan fingerprint density at radius 2 is 1.57 bits per heavy atom. The van der Waals surface area contributed by atoms with E-state index in [9.17, 15) is 44.7 Å². The van der Waals surface area contributed by atoms with Crippen LogP contribution in [0.25, 0.3) is 5.57 Å². The Morgan fingerprint density at radius 3 is 2.21 bits per heavy atom. The summed E-state index contributed by atoms with van der Waals surface area (Å²) in [5.74, 6) is -7.39. The molecule has 7 aliphatic rings. The SMILES string of the molecule is CC(=O)Oc1c(C)c2c(O)c3c1C1=C(OCOC1=C(C)C3=O)/C(C)=C\C(C)(O)C(O)C(C)C(O)C1C(=O)OC(C(C)/C=C\C=C(/C)C(=O)N2)C(C)C1O. The highest BCUT2D eigenvalue weighted by Crippen LogP contribution is 2.53. The normalized spacial score (nSPS) is 34.9. The van der Waals surface area contributed by atoms with E-state index in [0.717, 1.165) is 6.92 Å². The Kier molecular flexibility index (Phi) is 10.8. The minimum Gasteiger partial charge on any atom is -0.505 e. The smallest absolute Gasteiger partial charge is 0.314 e. The number of Topliss-reactive ketones (excluding diaryl/α,β-unsaturated/α-hetero) is 1. The van der Waals surface area contributed by atoms with E-state index in [1.54, 1.807) is 32.9 Å². The van der Waals surface area contributed by atoms with Crippen LogP contribution in [0.2, 0.25) is 0 Å². The first kappa shape index (κ1) is 39.4. The number of carbonyl (C=O) groups is 4. The van der Waals surface area contributed by atoms with Crippen LogP contribution in [0.4, 0.5) is 5.69 Å². The number of aliphatic hydroxyl groups is 4. The molecular weight excluding hydrogens is 690 g/mol. The van der Waals surface area contributed by atoms with Crippen LogP contribution in [0.1, 0.15) is 76.9 Å². The highest BCUT2D eigenvalue weighted by Gasteiger charge is 2.51. The van der Waals surface area contributed by atoms with Gasteiger partial charge in [-0.05, 0) is 46.3 Å². The zero-order valence-corrected chi connectivity index (χ0v) is 31.1. The van der Waals surface area contributed by atoms with Crippen LogP contribution in [0.15, 0.2) is 52.5 Å². The topological polar surface area (TPSA) is 218 Å². The lowest BCUT2D eigenvalue weighted by atomic mass is 9.73. The number of phenolic OH excluding ortho intramolecular Hbond substituents is 1. The number of nitrogens with one attached hydrogen (secondary N) is 1. The Labute approximate surface area is 307 Å². The van der Waals surface area contributed by atoms with Crippen LogP contribution < -0.4 is 10.1 Å². The van der Waals surface area contributed by atoms with Crippen LogP contribution in [0.3, 0.4) is 0 Å². The zero-order valence-electron chi connectivity index (χ0n) is 31.1. The third kappa shape index (κ3) is 6.92. The van der Waals surface area contributed by atoms with Crippen molar-refractivity contribution in [2.24, 2.45) is 23.7 Å². The molecule has 6 heterocycles. The van der Waals surface area contributed by atoms with E-state index in [1.165, 1.54) is 46.8 Å². The van der Waals surface area contributed by atoms with Gasteiger partial charge in [0, 0.05) is 47.0 Å². The van der Waals surface area contributed by atoms with E-state index in [4.69, 9.17) is 18.9 Å². The number of carbonyl (C=O) groups excluding carboxylic acids is 4. The third-order valence-electron chi connectivity index (χ3n) is 10.6. The molecule has 1 fully saturated rings. The van der Waals surface area contributed by atoms with E-state index in [-0.39, 0.29) is 68.7 Å². The van der Waals surface area contributed by atoms with Gasteiger partial charge >= 0.3 is 11.9 Å². The van der Waals surface area contributed by atoms with Gasteiger partial charge < -0.3 is 49.8 Å². The van der Waals surface area contributed by atoms with Crippen LogP contribution >= 0.6 is 0 Å². The monoisotopic (exact) mass is 737 g/mol. The molecule has 1 aromatic rings. The van der Waals surface area contributed by atoms with Crippen molar-refractivity contribution in [2.75, 3.05) is 12.1 Å². The Hall–Kier alpha value is -4.76. The van der Waals surface area contributed by atoms with Gasteiger partial charge in [0.15, 0.2) is 11.5 Å². The summed E-state index contributed by atoms with van der Waals surface area (Å²) in [6.07, 6.45) is 0.468. The molecule has 6 bridgehead atoms. The van der Waals surface area contributed by atoms with E-state index >= 15 is 0 Å². The highest BCUT2D eigenvalue weighted by atomic mass is 16.7. The van der Waals surface area contributed by atoms with E-state index in [2.05, 4.69) is 5.32 Å². The first-order valence-electron chi connectivity index (χ1n) is 17.4. The number of anilines is 1. The minimum atomic E-state index is -2.10. The molecular formula is C39H47NO13. The quantitative estimate of drug-likeness (QED) is 0.138. The summed E-state index contributed by atoms with van der Waals surface area (Å²) in [5.41, 5.74) is -2.02. The summed E-state index contributed by atoms with van der Waals surface area (Å²) >= 11 is 0. The van der Waals surface area contributed by atoms with Crippen LogP contribution in [-0.4, -0.2) is 86.0 Å². The third-order valence-corrected chi connectivity index (χ3v) is 10.6. The van der Waals surface area contributed by atoms with Gasteiger partial charge in [0.05, 0.1) is 35.1 Å². The fourth-order valence-corrected chi connectivity index (χ4v) is 7.55. The minimum absolute atomic E-state index is 0.0354. The lowest BCUT2D eigenvalue weighted by Crippen LogP contribution is -2.57. The molecule has 53 heavy (non-hydrogen) atoms. The molecule has 1 aliphatic carbocycles. The number of aromatic hydroxyl groups is 1. The van der Waals surface area contributed by atoms with Gasteiger partial charge in [-0.2, -0.15) is 0 Å². The highest BCUT2D eigenvalue weighted by molar-refractivity contribution is 6.21. The molecule has 0 saturated carbocycles. The number of ether oxygens (including phenoxy) is 4. The zero-order chi connectivity index (χ0) is 39.4. The maximum absolute atomic E-state index is 13.9. The molecule has 6 aliphatic heterocycles. The van der Waals surface area contributed by atoms with Crippen LogP contribution in [-0.2, 0) is 28.6 Å². The van der Waals surface area contributed by atoms with Gasteiger partial charge in [-0.3, -0.25) is 19.2 Å². The average molecular weight is 738 g/mol. The standard InChI is InChI=1S/C39H47NO13/c1-15-11-10-12-16(2)37(47)40-27-18(4)35(52-22(8)41)23-24(31(27)45)28(42)20(6)34-25(23)33(50-14-51-34)17(3)13-39(9,49)36(46)21(7)30(44)26-29(43)19(5)32(15)53-38(26)48/h10-13,15,19,21,26,29-30,32,36,43-46,49H,14H2,1-9H3,(H,40,47)/b11-10-,16-12+,17-13-. The number of esters is 2.